The summed E-state index contributed by atoms with van der Waals surface area (Å²) in [6.45, 7) is 0. The fourth-order valence-corrected chi connectivity index (χ4v) is 2.24. The van der Waals surface area contributed by atoms with Crippen LogP contribution in [0, 0.1) is 22.7 Å². The number of nitriles is 2. The summed E-state index contributed by atoms with van der Waals surface area (Å²) < 4.78 is 0. The fraction of sp³-hybridized carbons (Fsp3) is 0.0417. The molecule has 0 saturated heterocycles. The average Bonchev–Trinajstić information content (AvgIpc) is 2.79. The number of carbonyl (C=O) groups excluding carboxylic acids is 2. The number of aromatic nitrogens is 1. The van der Waals surface area contributed by atoms with Gasteiger partial charge in [0.15, 0.2) is 0 Å². The summed E-state index contributed by atoms with van der Waals surface area (Å²) in [4.78, 5) is 33.3. The second-order valence-electron chi connectivity index (χ2n) is 5.78. The zero-order valence-electron chi connectivity index (χ0n) is 16.6. The Balaban J connectivity index is 0.000000260. The first-order chi connectivity index (χ1) is 15.0. The van der Waals surface area contributed by atoms with Crippen molar-refractivity contribution in [3.05, 3.63) is 100 Å². The van der Waals surface area contributed by atoms with Gasteiger partial charge in [0.1, 0.15) is 24.3 Å². The number of nitrogens with zero attached hydrogens (tertiary/aromatic N) is 2. The number of aldehydes is 1. The van der Waals surface area contributed by atoms with Gasteiger partial charge in [-0.15, -0.1) is 0 Å². The van der Waals surface area contributed by atoms with Crippen molar-refractivity contribution in [2.75, 3.05) is 0 Å². The van der Waals surface area contributed by atoms with Crippen LogP contribution in [0.3, 0.4) is 0 Å². The lowest BCUT2D eigenvalue weighted by atomic mass is 10.0. The number of nitrogens with two attached hydrogens (primary N) is 1. The Kier molecular flexibility index (Phi) is 11.2. The Morgan fingerprint density at radius 1 is 1.00 bits per heavy atom. The molecule has 0 atom stereocenters. The molecule has 3 rings (SSSR count). The molecule has 7 heteroatoms. The summed E-state index contributed by atoms with van der Waals surface area (Å²) in [5, 5.41) is 16.6. The molecular formula is C24H20N4O3. The molecule has 0 aliphatic heterocycles. The van der Waals surface area contributed by atoms with Crippen molar-refractivity contribution >= 4 is 18.3 Å². The molecule has 0 radical (unpaired) electrons. The number of primary amides is 1. The summed E-state index contributed by atoms with van der Waals surface area (Å²) in [5.41, 5.74) is 6.94. The number of hydrogen-bond donors (Lipinski definition) is 2. The molecule has 2 aromatic carbocycles. The van der Waals surface area contributed by atoms with Gasteiger partial charge in [0.2, 0.25) is 5.91 Å². The van der Waals surface area contributed by atoms with Gasteiger partial charge in [0, 0.05) is 11.8 Å². The largest absolute Gasteiger partial charge is 0.369 e. The number of pyridine rings is 1. The molecule has 154 valence electrons. The van der Waals surface area contributed by atoms with Crippen molar-refractivity contribution in [3.8, 4) is 23.3 Å². The Bertz CT molecular complexity index is 1140. The minimum atomic E-state index is -0.572. The van der Waals surface area contributed by atoms with Crippen molar-refractivity contribution in [1.29, 1.82) is 10.5 Å². The van der Waals surface area contributed by atoms with Crippen LogP contribution in [0.5, 0.6) is 0 Å². The average molecular weight is 412 g/mol. The van der Waals surface area contributed by atoms with Gasteiger partial charge in [-0.2, -0.15) is 10.5 Å². The van der Waals surface area contributed by atoms with E-state index in [0.29, 0.717) is 5.56 Å². The summed E-state index contributed by atoms with van der Waals surface area (Å²) in [6.07, 6.45) is 5.39. The predicted octanol–water partition coefficient (Wildman–Crippen LogP) is 3.20. The third-order valence-electron chi connectivity index (χ3n) is 3.58. The summed E-state index contributed by atoms with van der Waals surface area (Å²) in [7, 11) is 0. The predicted molar refractivity (Wildman–Crippen MR) is 118 cm³/mol. The van der Waals surface area contributed by atoms with Crippen molar-refractivity contribution < 1.29 is 9.59 Å². The van der Waals surface area contributed by atoms with Gasteiger partial charge < -0.3 is 10.7 Å². The van der Waals surface area contributed by atoms with Crippen LogP contribution in [0.25, 0.3) is 17.2 Å². The van der Waals surface area contributed by atoms with Crippen LogP contribution in [-0.4, -0.2) is 17.2 Å². The van der Waals surface area contributed by atoms with Gasteiger partial charge in [-0.3, -0.25) is 14.4 Å². The lowest BCUT2D eigenvalue weighted by Gasteiger charge is -2.01. The molecule has 1 amide bonds. The van der Waals surface area contributed by atoms with Gasteiger partial charge >= 0.3 is 0 Å². The Labute approximate surface area is 179 Å². The minimum absolute atomic E-state index is 0.156. The van der Waals surface area contributed by atoms with E-state index in [1.807, 2.05) is 66.7 Å². The van der Waals surface area contributed by atoms with Crippen LogP contribution >= 0.6 is 0 Å². The van der Waals surface area contributed by atoms with Crippen molar-refractivity contribution in [3.63, 3.8) is 0 Å². The van der Waals surface area contributed by atoms with E-state index in [1.54, 1.807) is 24.4 Å². The standard InChI is InChI=1S/C12H8N2O.C9H8O.C3H4N2O/c13-8-11-10(6-7-14-12(11)15)9-4-2-1-3-5-9;10-8-4-7-9-5-2-1-3-6-9;4-2-1-3(5)6/h1-7H,(H,14,15);1-8H;1H2,(H2,5,6)/b;7-4+;. The van der Waals surface area contributed by atoms with E-state index in [-0.39, 0.29) is 17.5 Å². The molecule has 0 unspecified atom stereocenters. The molecule has 0 aliphatic carbocycles. The highest BCUT2D eigenvalue weighted by atomic mass is 16.1. The number of rotatable bonds is 4. The number of hydrogen-bond acceptors (Lipinski definition) is 5. The first kappa shape index (κ1) is 24.3. The number of benzene rings is 2. The Morgan fingerprint density at radius 2 is 1.61 bits per heavy atom. The van der Waals surface area contributed by atoms with Gasteiger partial charge in [-0.05, 0) is 23.3 Å². The zero-order chi connectivity index (χ0) is 22.9. The molecule has 3 N–H and O–H groups in total. The number of allylic oxidation sites excluding steroid dienone is 1. The molecule has 0 saturated carbocycles. The number of amides is 1. The number of H-pyrrole nitrogens is 1. The lowest BCUT2D eigenvalue weighted by molar-refractivity contribution is -0.117. The molecular weight excluding hydrogens is 392 g/mol. The summed E-state index contributed by atoms with van der Waals surface area (Å²) >= 11 is 0. The normalized spacial score (nSPS) is 9.10. The minimum Gasteiger partial charge on any atom is -0.369 e. The number of carbonyl (C=O) groups is 2. The molecule has 3 aromatic rings. The van der Waals surface area contributed by atoms with Gasteiger partial charge in [-0.25, -0.2) is 0 Å². The SMILES string of the molecule is N#CCC(N)=O.N#Cc1c(-c2ccccc2)cc[nH]c1=O.O=C/C=C/c1ccccc1. The Morgan fingerprint density at radius 3 is 2.10 bits per heavy atom. The van der Waals surface area contributed by atoms with Gasteiger partial charge in [0.05, 0.1) is 6.07 Å². The molecule has 1 heterocycles. The van der Waals surface area contributed by atoms with Crippen LogP contribution in [-0.2, 0) is 9.59 Å². The quantitative estimate of drug-likeness (QED) is 0.500. The highest BCUT2D eigenvalue weighted by Gasteiger charge is 2.07. The lowest BCUT2D eigenvalue weighted by Crippen LogP contribution is -2.10. The van der Waals surface area contributed by atoms with Gasteiger partial charge in [-0.1, -0.05) is 66.7 Å². The monoisotopic (exact) mass is 412 g/mol. The van der Waals surface area contributed by atoms with Crippen molar-refractivity contribution in [1.82, 2.24) is 4.98 Å². The smallest absolute Gasteiger partial charge is 0.266 e. The molecule has 0 aliphatic rings. The highest BCUT2D eigenvalue weighted by Crippen LogP contribution is 2.19. The van der Waals surface area contributed by atoms with E-state index in [1.165, 1.54) is 6.08 Å². The first-order valence-corrected chi connectivity index (χ1v) is 9.02. The van der Waals surface area contributed by atoms with Crippen LogP contribution in [0.15, 0.2) is 83.8 Å². The Hall–Kier alpha value is -4.75. The highest BCUT2D eigenvalue weighted by molar-refractivity contribution is 5.75. The topological polar surface area (TPSA) is 141 Å². The molecule has 1 aromatic heterocycles. The van der Waals surface area contributed by atoms with Crippen LogP contribution in [0.1, 0.15) is 17.5 Å². The summed E-state index contributed by atoms with van der Waals surface area (Å²) in [5.74, 6) is -0.572. The first-order valence-electron chi connectivity index (χ1n) is 9.02. The van der Waals surface area contributed by atoms with Crippen molar-refractivity contribution in [2.24, 2.45) is 5.73 Å². The van der Waals surface area contributed by atoms with E-state index in [0.717, 1.165) is 17.4 Å². The second kappa shape index (κ2) is 14.3. The molecule has 31 heavy (non-hydrogen) atoms. The van der Waals surface area contributed by atoms with E-state index < -0.39 is 5.91 Å². The van der Waals surface area contributed by atoms with Crippen LogP contribution < -0.4 is 11.3 Å². The maximum absolute atomic E-state index is 11.4. The van der Waals surface area contributed by atoms with E-state index in [9.17, 15) is 14.4 Å². The second-order valence-corrected chi connectivity index (χ2v) is 5.78. The van der Waals surface area contributed by atoms with Crippen LogP contribution in [0.4, 0.5) is 0 Å². The molecule has 0 fully saturated rings. The third-order valence-corrected chi connectivity index (χ3v) is 3.58. The van der Waals surface area contributed by atoms with E-state index >= 15 is 0 Å². The third kappa shape index (κ3) is 9.33. The van der Waals surface area contributed by atoms with E-state index in [4.69, 9.17) is 10.5 Å². The number of nitrogens with one attached hydrogen (secondary N) is 1. The fourth-order valence-electron chi connectivity index (χ4n) is 2.24. The van der Waals surface area contributed by atoms with Crippen molar-refractivity contribution in [2.45, 2.75) is 6.42 Å². The molecule has 7 nitrogen and oxygen atoms in total. The van der Waals surface area contributed by atoms with Gasteiger partial charge in [0.25, 0.3) is 5.56 Å². The molecule has 0 bridgehead atoms. The summed E-state index contributed by atoms with van der Waals surface area (Å²) in [6, 6.07) is 24.3. The molecule has 0 spiro atoms. The number of aromatic amines is 1. The maximum Gasteiger partial charge on any atom is 0.266 e. The van der Waals surface area contributed by atoms with E-state index in [2.05, 4.69) is 10.7 Å². The van der Waals surface area contributed by atoms with Crippen LogP contribution in [0.2, 0.25) is 0 Å². The zero-order valence-corrected chi connectivity index (χ0v) is 16.6. The maximum atomic E-state index is 11.4.